The molecule has 2 rings (SSSR count). The molecule has 0 saturated heterocycles. The largest absolute Gasteiger partial charge is 0.388 e. The fraction of sp³-hybridized carbons (Fsp3) is 0.167. The highest BCUT2D eigenvalue weighted by Crippen LogP contribution is 2.28. The summed E-state index contributed by atoms with van der Waals surface area (Å²) in [7, 11) is 0. The topological polar surface area (TPSA) is 20.2 Å². The van der Waals surface area contributed by atoms with Gasteiger partial charge in [0.1, 0.15) is 0 Å². The second kappa shape index (κ2) is 5.32. The Morgan fingerprint density at radius 2 is 2.19 bits per heavy atom. The molecule has 0 aliphatic rings. The van der Waals surface area contributed by atoms with Gasteiger partial charge in [0.15, 0.2) is 0 Å². The summed E-state index contributed by atoms with van der Waals surface area (Å²) in [6.07, 6.45) is 0.165. The molecule has 1 nitrogen and oxygen atoms in total. The minimum atomic E-state index is -0.479. The highest BCUT2D eigenvalue weighted by molar-refractivity contribution is 9.10. The third-order valence-corrected chi connectivity index (χ3v) is 4.42. The average molecular weight is 318 g/mol. The highest BCUT2D eigenvalue weighted by Gasteiger charge is 2.10. The Balaban J connectivity index is 2.14. The molecular weight excluding hydrogens is 308 g/mol. The lowest BCUT2D eigenvalue weighted by atomic mass is 10.1. The van der Waals surface area contributed by atoms with Crippen LogP contribution >= 0.6 is 38.9 Å². The van der Waals surface area contributed by atoms with Crippen LogP contribution in [0.1, 0.15) is 16.5 Å². The van der Waals surface area contributed by atoms with Crippen LogP contribution in [0, 0.1) is 0 Å². The van der Waals surface area contributed by atoms with Gasteiger partial charge in [0.2, 0.25) is 0 Å². The quantitative estimate of drug-likeness (QED) is 0.887. The first kappa shape index (κ1) is 12.1. The smallest absolute Gasteiger partial charge is 0.0838 e. The average Bonchev–Trinajstić information content (AvgIpc) is 2.74. The third kappa shape index (κ3) is 2.86. The Hall–Kier alpha value is -0.350. The summed E-state index contributed by atoms with van der Waals surface area (Å²) < 4.78 is 0.817. The first-order valence-electron chi connectivity index (χ1n) is 4.82. The molecule has 1 aromatic heterocycles. The lowest BCUT2D eigenvalue weighted by Crippen LogP contribution is -2.00. The van der Waals surface area contributed by atoms with Crippen molar-refractivity contribution in [2.24, 2.45) is 0 Å². The minimum Gasteiger partial charge on any atom is -0.388 e. The molecule has 4 heteroatoms. The van der Waals surface area contributed by atoms with Crippen molar-refractivity contribution in [3.8, 4) is 0 Å². The maximum atomic E-state index is 10.1. The van der Waals surface area contributed by atoms with Crippen molar-refractivity contribution >= 4 is 38.9 Å². The number of aliphatic hydroxyl groups excluding tert-OH is 1. The second-order valence-electron chi connectivity index (χ2n) is 3.47. The van der Waals surface area contributed by atoms with Crippen molar-refractivity contribution in [3.05, 3.63) is 55.6 Å². The van der Waals surface area contributed by atoms with Crippen molar-refractivity contribution in [2.45, 2.75) is 12.5 Å². The number of hydrogen-bond acceptors (Lipinski definition) is 2. The molecule has 0 fully saturated rings. The van der Waals surface area contributed by atoms with Gasteiger partial charge in [-0.3, -0.25) is 0 Å². The SMILES string of the molecule is OC(Cc1cccs1)c1ccc(Cl)c(Br)c1. The Labute approximate surface area is 112 Å². The van der Waals surface area contributed by atoms with E-state index in [2.05, 4.69) is 15.9 Å². The van der Waals surface area contributed by atoms with E-state index in [1.165, 1.54) is 4.88 Å². The highest BCUT2D eigenvalue weighted by atomic mass is 79.9. The lowest BCUT2D eigenvalue weighted by Gasteiger charge is -2.10. The zero-order chi connectivity index (χ0) is 11.5. The Morgan fingerprint density at radius 3 is 2.81 bits per heavy atom. The van der Waals surface area contributed by atoms with Gasteiger partial charge < -0.3 is 5.11 Å². The van der Waals surface area contributed by atoms with E-state index >= 15 is 0 Å². The summed E-state index contributed by atoms with van der Waals surface area (Å²) in [6, 6.07) is 9.52. The van der Waals surface area contributed by atoms with Crippen LogP contribution in [0.4, 0.5) is 0 Å². The van der Waals surface area contributed by atoms with Gasteiger partial charge in [-0.25, -0.2) is 0 Å². The van der Waals surface area contributed by atoms with E-state index in [9.17, 15) is 5.11 Å². The first-order chi connectivity index (χ1) is 7.66. The maximum Gasteiger partial charge on any atom is 0.0838 e. The lowest BCUT2D eigenvalue weighted by molar-refractivity contribution is 0.179. The monoisotopic (exact) mass is 316 g/mol. The van der Waals surface area contributed by atoms with Crippen molar-refractivity contribution in [1.82, 2.24) is 0 Å². The van der Waals surface area contributed by atoms with Gasteiger partial charge in [-0.2, -0.15) is 0 Å². The predicted octanol–water partition coefficient (Wildman–Crippen LogP) is 4.44. The molecule has 0 bridgehead atoms. The van der Waals surface area contributed by atoms with Crippen LogP contribution in [-0.2, 0) is 6.42 Å². The van der Waals surface area contributed by atoms with Crippen LogP contribution < -0.4 is 0 Å². The molecule has 0 aliphatic carbocycles. The fourth-order valence-electron chi connectivity index (χ4n) is 1.46. The molecule has 0 amide bonds. The zero-order valence-electron chi connectivity index (χ0n) is 8.36. The third-order valence-electron chi connectivity index (χ3n) is 2.30. The molecule has 1 atom stereocenters. The molecule has 1 unspecified atom stereocenters. The van der Waals surface area contributed by atoms with Gasteiger partial charge in [-0.15, -0.1) is 11.3 Å². The number of halogens is 2. The molecule has 0 saturated carbocycles. The van der Waals surface area contributed by atoms with Gasteiger partial charge in [-0.1, -0.05) is 23.7 Å². The summed E-state index contributed by atoms with van der Waals surface area (Å²) >= 11 is 10.9. The van der Waals surface area contributed by atoms with Crippen molar-refractivity contribution < 1.29 is 5.11 Å². The first-order valence-corrected chi connectivity index (χ1v) is 6.87. The van der Waals surface area contributed by atoms with Gasteiger partial charge in [-0.05, 0) is 45.1 Å². The molecular formula is C12H10BrClOS. The number of benzene rings is 1. The van der Waals surface area contributed by atoms with Crippen LogP contribution in [0.5, 0.6) is 0 Å². The van der Waals surface area contributed by atoms with Gasteiger partial charge in [0.25, 0.3) is 0 Å². The second-order valence-corrected chi connectivity index (χ2v) is 5.77. The van der Waals surface area contributed by atoms with Crippen molar-refractivity contribution in [3.63, 3.8) is 0 Å². The molecule has 16 heavy (non-hydrogen) atoms. The summed E-state index contributed by atoms with van der Waals surface area (Å²) in [5.41, 5.74) is 0.879. The Kier molecular flexibility index (Phi) is 4.03. The van der Waals surface area contributed by atoms with E-state index < -0.39 is 6.10 Å². The molecule has 0 spiro atoms. The summed E-state index contributed by atoms with van der Waals surface area (Å²) in [5.74, 6) is 0. The summed E-state index contributed by atoms with van der Waals surface area (Å²) in [5, 5.41) is 12.7. The molecule has 1 N–H and O–H groups in total. The van der Waals surface area contributed by atoms with Crippen LogP contribution in [0.15, 0.2) is 40.2 Å². The molecule has 84 valence electrons. The van der Waals surface area contributed by atoms with Crippen LogP contribution in [0.3, 0.4) is 0 Å². The minimum absolute atomic E-state index is 0.479. The molecule has 1 aromatic carbocycles. The fourth-order valence-corrected chi connectivity index (χ4v) is 2.71. The van der Waals surface area contributed by atoms with E-state index in [0.29, 0.717) is 11.4 Å². The predicted molar refractivity (Wildman–Crippen MR) is 72.1 cm³/mol. The van der Waals surface area contributed by atoms with E-state index in [-0.39, 0.29) is 0 Å². The molecule has 1 heterocycles. The maximum absolute atomic E-state index is 10.1. The van der Waals surface area contributed by atoms with E-state index in [0.717, 1.165) is 10.0 Å². The number of thiophene rings is 1. The Morgan fingerprint density at radius 1 is 1.38 bits per heavy atom. The van der Waals surface area contributed by atoms with Gasteiger partial charge in [0, 0.05) is 15.8 Å². The van der Waals surface area contributed by atoms with Crippen molar-refractivity contribution in [1.29, 1.82) is 0 Å². The van der Waals surface area contributed by atoms with E-state index in [1.54, 1.807) is 17.4 Å². The Bertz CT molecular complexity index is 470. The zero-order valence-corrected chi connectivity index (χ0v) is 11.5. The normalized spacial score (nSPS) is 12.7. The van der Waals surface area contributed by atoms with Crippen LogP contribution in [0.25, 0.3) is 0 Å². The van der Waals surface area contributed by atoms with Crippen molar-refractivity contribution in [2.75, 3.05) is 0 Å². The van der Waals surface area contributed by atoms with Crippen LogP contribution in [0.2, 0.25) is 5.02 Å². The van der Waals surface area contributed by atoms with Crippen LogP contribution in [-0.4, -0.2) is 5.11 Å². The van der Waals surface area contributed by atoms with Gasteiger partial charge in [0.05, 0.1) is 11.1 Å². The molecule has 2 aromatic rings. The van der Waals surface area contributed by atoms with E-state index in [1.807, 2.05) is 29.6 Å². The van der Waals surface area contributed by atoms with E-state index in [4.69, 9.17) is 11.6 Å². The molecule has 0 aliphatic heterocycles. The molecule has 0 radical (unpaired) electrons. The standard InChI is InChI=1S/C12H10BrClOS/c13-10-6-8(3-4-11(10)14)12(15)7-9-2-1-5-16-9/h1-6,12,15H,7H2. The van der Waals surface area contributed by atoms with Gasteiger partial charge >= 0.3 is 0 Å². The summed E-state index contributed by atoms with van der Waals surface area (Å²) in [6.45, 7) is 0. The summed E-state index contributed by atoms with van der Waals surface area (Å²) in [4.78, 5) is 1.18. The number of hydrogen-bond donors (Lipinski definition) is 1. The number of aliphatic hydroxyl groups is 1. The number of rotatable bonds is 3.